The van der Waals surface area contributed by atoms with Crippen LogP contribution in [0, 0.1) is 5.92 Å². The maximum Gasteiger partial charge on any atom is 0.257 e. The van der Waals surface area contributed by atoms with Crippen molar-refractivity contribution in [3.63, 3.8) is 0 Å². The van der Waals surface area contributed by atoms with Crippen LogP contribution in [0.3, 0.4) is 0 Å². The summed E-state index contributed by atoms with van der Waals surface area (Å²) in [5.41, 5.74) is 0.253. The number of amides is 1. The molecule has 0 radical (unpaired) electrons. The molecular weight excluding hydrogens is 244 g/mol. The summed E-state index contributed by atoms with van der Waals surface area (Å²) in [6.45, 7) is 2.32. The quantitative estimate of drug-likeness (QED) is 0.766. The number of carbonyl (C=O) groups excluding carboxylic acids is 1. The first kappa shape index (κ1) is 13.7. The summed E-state index contributed by atoms with van der Waals surface area (Å²) in [6, 6.07) is 4.08. The number of rotatable bonds is 3. The second-order valence-corrected chi connectivity index (χ2v) is 5.02. The molecular formula is C14H20N2O3. The SMILES string of the molecule is CNCC1CCCN(C(=O)c2ccc(O)cc2O)C1. The van der Waals surface area contributed by atoms with E-state index in [0.717, 1.165) is 25.9 Å². The zero-order valence-electron chi connectivity index (χ0n) is 11.1. The van der Waals surface area contributed by atoms with Crippen LogP contribution in [0.2, 0.25) is 0 Å². The number of hydrogen-bond acceptors (Lipinski definition) is 4. The number of nitrogens with zero attached hydrogens (tertiary/aromatic N) is 1. The lowest BCUT2D eigenvalue weighted by molar-refractivity contribution is 0.0671. The van der Waals surface area contributed by atoms with Gasteiger partial charge in [0.25, 0.3) is 5.91 Å². The van der Waals surface area contributed by atoms with E-state index in [4.69, 9.17) is 0 Å². The van der Waals surface area contributed by atoms with Gasteiger partial charge in [-0.25, -0.2) is 0 Å². The topological polar surface area (TPSA) is 72.8 Å². The number of piperidine rings is 1. The lowest BCUT2D eigenvalue weighted by Gasteiger charge is -2.32. The zero-order chi connectivity index (χ0) is 13.8. The highest BCUT2D eigenvalue weighted by molar-refractivity contribution is 5.97. The van der Waals surface area contributed by atoms with E-state index in [9.17, 15) is 15.0 Å². The van der Waals surface area contributed by atoms with Gasteiger partial charge in [0.1, 0.15) is 11.5 Å². The number of phenolic OH excluding ortho intramolecular Hbond substituents is 2. The number of benzene rings is 1. The van der Waals surface area contributed by atoms with Gasteiger partial charge in [-0.2, -0.15) is 0 Å². The molecule has 1 aliphatic rings. The Labute approximate surface area is 112 Å². The van der Waals surface area contributed by atoms with Gasteiger partial charge in [0.05, 0.1) is 5.56 Å². The summed E-state index contributed by atoms with van der Waals surface area (Å²) in [4.78, 5) is 14.1. The largest absolute Gasteiger partial charge is 0.508 e. The molecule has 1 aromatic carbocycles. The van der Waals surface area contributed by atoms with Crippen LogP contribution >= 0.6 is 0 Å². The molecule has 1 unspecified atom stereocenters. The van der Waals surface area contributed by atoms with Crippen molar-refractivity contribution in [2.45, 2.75) is 12.8 Å². The molecule has 5 nitrogen and oxygen atoms in total. The van der Waals surface area contributed by atoms with Gasteiger partial charge in [0.2, 0.25) is 0 Å². The Hall–Kier alpha value is -1.75. The predicted octanol–water partition coefficient (Wildman–Crippen LogP) is 1.17. The van der Waals surface area contributed by atoms with Crippen molar-refractivity contribution in [2.75, 3.05) is 26.7 Å². The number of carbonyl (C=O) groups is 1. The van der Waals surface area contributed by atoms with E-state index >= 15 is 0 Å². The Morgan fingerprint density at radius 2 is 2.26 bits per heavy atom. The zero-order valence-corrected chi connectivity index (χ0v) is 11.1. The third kappa shape index (κ3) is 3.17. The van der Waals surface area contributed by atoms with Crippen LogP contribution in [0.1, 0.15) is 23.2 Å². The highest BCUT2D eigenvalue weighted by Gasteiger charge is 2.25. The lowest BCUT2D eigenvalue weighted by atomic mass is 9.97. The molecule has 1 heterocycles. The van der Waals surface area contributed by atoms with Crippen molar-refractivity contribution < 1.29 is 15.0 Å². The van der Waals surface area contributed by atoms with Gasteiger partial charge in [0.15, 0.2) is 0 Å². The van der Waals surface area contributed by atoms with Crippen molar-refractivity contribution >= 4 is 5.91 Å². The fraction of sp³-hybridized carbons (Fsp3) is 0.500. The number of hydrogen-bond donors (Lipinski definition) is 3. The molecule has 1 fully saturated rings. The summed E-state index contributed by atoms with van der Waals surface area (Å²) < 4.78 is 0. The van der Waals surface area contributed by atoms with Crippen LogP contribution in [0.4, 0.5) is 0 Å². The molecule has 1 aliphatic heterocycles. The second-order valence-electron chi connectivity index (χ2n) is 5.02. The molecule has 0 aromatic heterocycles. The fourth-order valence-corrected chi connectivity index (χ4v) is 2.58. The van der Waals surface area contributed by atoms with Crippen LogP contribution < -0.4 is 5.32 Å². The fourth-order valence-electron chi connectivity index (χ4n) is 2.58. The van der Waals surface area contributed by atoms with E-state index in [0.29, 0.717) is 12.5 Å². The van der Waals surface area contributed by atoms with Gasteiger partial charge in [0, 0.05) is 19.2 Å². The Balaban J connectivity index is 2.10. The van der Waals surface area contributed by atoms with Crippen molar-refractivity contribution in [1.29, 1.82) is 0 Å². The molecule has 19 heavy (non-hydrogen) atoms. The molecule has 2 rings (SSSR count). The Morgan fingerprint density at radius 3 is 2.95 bits per heavy atom. The van der Waals surface area contributed by atoms with E-state index in [1.165, 1.54) is 18.2 Å². The highest BCUT2D eigenvalue weighted by atomic mass is 16.3. The van der Waals surface area contributed by atoms with Gasteiger partial charge in [-0.15, -0.1) is 0 Å². The van der Waals surface area contributed by atoms with E-state index in [1.54, 1.807) is 4.90 Å². The van der Waals surface area contributed by atoms with E-state index in [2.05, 4.69) is 5.32 Å². The Morgan fingerprint density at radius 1 is 1.47 bits per heavy atom. The van der Waals surface area contributed by atoms with E-state index in [-0.39, 0.29) is 23.0 Å². The first-order chi connectivity index (χ1) is 9.11. The number of nitrogens with one attached hydrogen (secondary N) is 1. The minimum Gasteiger partial charge on any atom is -0.508 e. The number of aromatic hydroxyl groups is 2. The van der Waals surface area contributed by atoms with Crippen molar-refractivity contribution in [3.05, 3.63) is 23.8 Å². The van der Waals surface area contributed by atoms with Crippen LogP contribution in [0.25, 0.3) is 0 Å². The van der Waals surface area contributed by atoms with Gasteiger partial charge in [-0.3, -0.25) is 4.79 Å². The second kappa shape index (κ2) is 5.93. The van der Waals surface area contributed by atoms with Crippen LogP contribution in [-0.2, 0) is 0 Å². The average Bonchev–Trinajstić information content (AvgIpc) is 2.39. The predicted molar refractivity (Wildman–Crippen MR) is 72.3 cm³/mol. The Kier molecular flexibility index (Phi) is 4.27. The lowest BCUT2D eigenvalue weighted by Crippen LogP contribution is -2.42. The molecule has 1 atom stereocenters. The molecule has 0 bridgehead atoms. The van der Waals surface area contributed by atoms with Crippen molar-refractivity contribution in [1.82, 2.24) is 10.2 Å². The molecule has 1 amide bonds. The highest BCUT2D eigenvalue weighted by Crippen LogP contribution is 2.25. The average molecular weight is 264 g/mol. The minimum absolute atomic E-state index is 0.0410. The van der Waals surface area contributed by atoms with E-state index in [1.807, 2.05) is 7.05 Å². The summed E-state index contributed by atoms with van der Waals surface area (Å²) in [5.74, 6) is 0.0850. The first-order valence-electron chi connectivity index (χ1n) is 6.57. The molecule has 0 spiro atoms. The van der Waals surface area contributed by atoms with Crippen LogP contribution in [0.5, 0.6) is 11.5 Å². The van der Waals surface area contributed by atoms with Gasteiger partial charge >= 0.3 is 0 Å². The van der Waals surface area contributed by atoms with Crippen molar-refractivity contribution in [3.8, 4) is 11.5 Å². The monoisotopic (exact) mass is 264 g/mol. The summed E-state index contributed by atoms with van der Waals surface area (Å²) in [5, 5.41) is 22.1. The standard InChI is InChI=1S/C14H20N2O3/c1-15-8-10-3-2-6-16(9-10)14(19)12-5-4-11(17)7-13(12)18/h4-5,7,10,15,17-18H,2-3,6,8-9H2,1H3. The number of likely N-dealkylation sites (tertiary alicyclic amines) is 1. The Bertz CT molecular complexity index is 460. The smallest absolute Gasteiger partial charge is 0.257 e. The maximum atomic E-state index is 12.3. The summed E-state index contributed by atoms with van der Waals surface area (Å²) in [6.07, 6.45) is 2.10. The molecule has 0 saturated carbocycles. The van der Waals surface area contributed by atoms with Crippen molar-refractivity contribution in [2.24, 2.45) is 5.92 Å². The summed E-state index contributed by atoms with van der Waals surface area (Å²) >= 11 is 0. The van der Waals surface area contributed by atoms with Crippen LogP contribution in [-0.4, -0.2) is 47.7 Å². The molecule has 5 heteroatoms. The van der Waals surface area contributed by atoms with Gasteiger partial charge < -0.3 is 20.4 Å². The maximum absolute atomic E-state index is 12.3. The third-order valence-electron chi connectivity index (χ3n) is 3.51. The summed E-state index contributed by atoms with van der Waals surface area (Å²) in [7, 11) is 1.91. The van der Waals surface area contributed by atoms with Gasteiger partial charge in [-0.05, 0) is 44.5 Å². The molecule has 1 saturated heterocycles. The van der Waals surface area contributed by atoms with Gasteiger partial charge in [-0.1, -0.05) is 0 Å². The van der Waals surface area contributed by atoms with Crippen LogP contribution in [0.15, 0.2) is 18.2 Å². The molecule has 0 aliphatic carbocycles. The minimum atomic E-state index is -0.168. The van der Waals surface area contributed by atoms with E-state index < -0.39 is 0 Å². The normalized spacial score (nSPS) is 19.4. The third-order valence-corrected chi connectivity index (χ3v) is 3.51. The molecule has 1 aromatic rings. The number of phenols is 2. The molecule has 104 valence electrons. The first-order valence-corrected chi connectivity index (χ1v) is 6.57. The molecule has 3 N–H and O–H groups in total.